The van der Waals surface area contributed by atoms with Crippen molar-refractivity contribution in [2.24, 2.45) is 0 Å². The molecule has 2 aromatic rings. The van der Waals surface area contributed by atoms with Gasteiger partial charge in [0.25, 0.3) is 0 Å². The fourth-order valence-corrected chi connectivity index (χ4v) is 2.90. The average molecular weight is 377 g/mol. The van der Waals surface area contributed by atoms with Gasteiger partial charge in [-0.05, 0) is 74.7 Å². The highest BCUT2D eigenvalue weighted by molar-refractivity contribution is 6.07. The molecule has 0 saturated carbocycles. The van der Waals surface area contributed by atoms with Crippen molar-refractivity contribution >= 4 is 17.5 Å². The van der Waals surface area contributed by atoms with Crippen LogP contribution >= 0.6 is 0 Å². The normalized spacial score (nSPS) is 11.7. The Bertz CT molecular complexity index is 906. The first-order valence-corrected chi connectivity index (χ1v) is 9.23. The molecule has 28 heavy (non-hydrogen) atoms. The van der Waals surface area contributed by atoms with E-state index in [0.29, 0.717) is 35.4 Å². The van der Waals surface area contributed by atoms with Crippen LogP contribution in [0.4, 0.5) is 5.69 Å². The Morgan fingerprint density at radius 2 is 1.75 bits per heavy atom. The summed E-state index contributed by atoms with van der Waals surface area (Å²) in [4.78, 5) is 12.5. The van der Waals surface area contributed by atoms with Crippen LogP contribution in [0.2, 0.25) is 0 Å². The number of phenols is 1. The molecule has 2 rings (SSSR count). The predicted molar refractivity (Wildman–Crippen MR) is 116 cm³/mol. The number of rotatable bonds is 8. The number of benzene rings is 2. The lowest BCUT2D eigenvalue weighted by Gasteiger charge is -2.16. The Morgan fingerprint density at radius 1 is 1.11 bits per heavy atom. The molecular weight excluding hydrogens is 350 g/mol. The molecule has 0 atom stereocenters. The van der Waals surface area contributed by atoms with Crippen molar-refractivity contribution in [3.05, 3.63) is 83.0 Å². The second-order valence-corrected chi connectivity index (χ2v) is 6.35. The van der Waals surface area contributed by atoms with Crippen LogP contribution < -0.4 is 10.5 Å². The van der Waals surface area contributed by atoms with Crippen molar-refractivity contribution in [3.63, 3.8) is 0 Å². The van der Waals surface area contributed by atoms with Gasteiger partial charge in [0.05, 0.1) is 7.11 Å². The van der Waals surface area contributed by atoms with E-state index in [1.807, 2.05) is 44.2 Å². The number of nitrogen functional groups attached to an aromatic ring is 1. The Labute approximate surface area is 166 Å². The van der Waals surface area contributed by atoms with Gasteiger partial charge in [-0.15, -0.1) is 0 Å². The Balaban J connectivity index is 2.47. The topological polar surface area (TPSA) is 72.6 Å². The molecule has 0 unspecified atom stereocenters. The zero-order chi connectivity index (χ0) is 20.5. The molecule has 0 bridgehead atoms. The molecule has 0 aliphatic heterocycles. The maximum atomic E-state index is 12.5. The Hall–Kier alpha value is -3.27. The van der Waals surface area contributed by atoms with Crippen molar-refractivity contribution < 1.29 is 14.6 Å². The van der Waals surface area contributed by atoms with Crippen molar-refractivity contribution in [1.29, 1.82) is 0 Å². The maximum absolute atomic E-state index is 12.5. The van der Waals surface area contributed by atoms with Gasteiger partial charge in [0.15, 0.2) is 5.78 Å². The number of aromatic hydroxyl groups is 1. The highest BCUT2D eigenvalue weighted by Crippen LogP contribution is 2.37. The largest absolute Gasteiger partial charge is 0.507 e. The molecule has 0 aliphatic rings. The molecule has 0 heterocycles. The van der Waals surface area contributed by atoms with Gasteiger partial charge in [-0.3, -0.25) is 4.79 Å². The van der Waals surface area contributed by atoms with E-state index >= 15 is 0 Å². The summed E-state index contributed by atoms with van der Waals surface area (Å²) in [7, 11) is 1.57. The van der Waals surface area contributed by atoms with E-state index in [-0.39, 0.29) is 11.5 Å². The average Bonchev–Trinajstić information content (AvgIpc) is 2.70. The molecule has 0 saturated heterocycles. The highest BCUT2D eigenvalue weighted by Gasteiger charge is 2.16. The lowest BCUT2D eigenvalue weighted by atomic mass is 9.97. The van der Waals surface area contributed by atoms with Crippen molar-refractivity contribution in [1.82, 2.24) is 0 Å². The van der Waals surface area contributed by atoms with Crippen molar-refractivity contribution in [3.8, 4) is 11.5 Å². The fraction of sp³-hybridized carbons (Fsp3) is 0.208. The van der Waals surface area contributed by atoms with Gasteiger partial charge in [0, 0.05) is 22.4 Å². The molecule has 0 spiro atoms. The number of carbonyl (C=O) groups excluding carboxylic acids is 1. The van der Waals surface area contributed by atoms with E-state index in [1.165, 1.54) is 6.08 Å². The number of hydrogen-bond donors (Lipinski definition) is 2. The molecule has 0 radical (unpaired) electrons. The van der Waals surface area contributed by atoms with Gasteiger partial charge in [0.2, 0.25) is 0 Å². The minimum absolute atomic E-state index is 0.125. The molecule has 0 amide bonds. The zero-order valence-corrected chi connectivity index (χ0v) is 16.6. The quantitative estimate of drug-likeness (QED) is 0.290. The summed E-state index contributed by atoms with van der Waals surface area (Å²) in [5, 5.41) is 10.7. The maximum Gasteiger partial charge on any atom is 0.185 e. The summed E-state index contributed by atoms with van der Waals surface area (Å²) in [6, 6.07) is 8.66. The van der Waals surface area contributed by atoms with E-state index in [0.717, 1.165) is 11.1 Å². The van der Waals surface area contributed by atoms with Gasteiger partial charge in [0.1, 0.15) is 11.5 Å². The second kappa shape index (κ2) is 10.2. The zero-order valence-electron chi connectivity index (χ0n) is 16.6. The number of carbonyl (C=O) groups is 1. The molecular formula is C24H27NO3. The molecule has 4 nitrogen and oxygen atoms in total. The van der Waals surface area contributed by atoms with Gasteiger partial charge in [-0.25, -0.2) is 0 Å². The highest BCUT2D eigenvalue weighted by atomic mass is 16.5. The van der Waals surface area contributed by atoms with Crippen LogP contribution in [0.5, 0.6) is 11.5 Å². The van der Waals surface area contributed by atoms with Crippen LogP contribution in [0.3, 0.4) is 0 Å². The van der Waals surface area contributed by atoms with Crippen molar-refractivity contribution in [2.45, 2.75) is 26.7 Å². The lowest BCUT2D eigenvalue weighted by Crippen LogP contribution is -1.99. The molecule has 0 aromatic heterocycles. The van der Waals surface area contributed by atoms with Gasteiger partial charge in [-0.2, -0.15) is 0 Å². The van der Waals surface area contributed by atoms with Crippen LogP contribution in [0.1, 0.15) is 40.9 Å². The summed E-state index contributed by atoms with van der Waals surface area (Å²) in [5.41, 5.74) is 9.10. The third-order valence-corrected chi connectivity index (χ3v) is 4.40. The summed E-state index contributed by atoms with van der Waals surface area (Å²) < 4.78 is 5.58. The number of methoxy groups -OCH3 is 1. The number of ether oxygens (including phenoxy) is 1. The number of hydrogen-bond acceptors (Lipinski definition) is 4. The van der Waals surface area contributed by atoms with Crippen molar-refractivity contribution in [2.75, 3.05) is 12.8 Å². The monoisotopic (exact) mass is 377 g/mol. The SMILES string of the molecule is C/C=C/Cc1cc(/C=C/C(=O)c2ccc(N)cc2)c(OC)c(C/C=C/C)c1O. The summed E-state index contributed by atoms with van der Waals surface area (Å²) in [6.07, 6.45) is 12.2. The Kier molecular flexibility index (Phi) is 7.64. The second-order valence-electron chi connectivity index (χ2n) is 6.35. The van der Waals surface area contributed by atoms with E-state index < -0.39 is 0 Å². The lowest BCUT2D eigenvalue weighted by molar-refractivity contribution is 0.104. The van der Waals surface area contributed by atoms with E-state index in [9.17, 15) is 9.90 Å². The number of allylic oxidation sites excluding steroid dienone is 5. The summed E-state index contributed by atoms with van der Waals surface area (Å²) in [6.45, 7) is 3.87. The first kappa shape index (κ1) is 21.0. The minimum Gasteiger partial charge on any atom is -0.507 e. The number of anilines is 1. The number of nitrogens with two attached hydrogens (primary N) is 1. The van der Waals surface area contributed by atoms with Gasteiger partial charge < -0.3 is 15.6 Å². The fourth-order valence-electron chi connectivity index (χ4n) is 2.90. The van der Waals surface area contributed by atoms with Crippen LogP contribution in [0.25, 0.3) is 6.08 Å². The molecule has 146 valence electrons. The van der Waals surface area contributed by atoms with Crippen LogP contribution in [0, 0.1) is 0 Å². The van der Waals surface area contributed by atoms with Gasteiger partial charge >= 0.3 is 0 Å². The van der Waals surface area contributed by atoms with Crippen LogP contribution in [0.15, 0.2) is 60.7 Å². The van der Waals surface area contributed by atoms with E-state index in [2.05, 4.69) is 0 Å². The summed E-state index contributed by atoms with van der Waals surface area (Å²) in [5.74, 6) is 0.677. The smallest absolute Gasteiger partial charge is 0.185 e. The number of ketones is 1. The minimum atomic E-state index is -0.125. The molecule has 4 heteroatoms. The molecule has 3 N–H and O–H groups in total. The number of phenolic OH excluding ortho intramolecular Hbond substituents is 1. The standard InChI is InChI=1S/C24H27NO3/c1-4-6-8-18-16-19(24(28-3)21(23(18)27)9-7-5-2)12-15-22(26)17-10-13-20(25)14-11-17/h4-7,10-16,27H,8-9,25H2,1-3H3/b6-4+,7-5+,15-12+. The first-order chi connectivity index (χ1) is 13.5. The van der Waals surface area contributed by atoms with Gasteiger partial charge in [-0.1, -0.05) is 24.3 Å². The van der Waals surface area contributed by atoms with Crippen LogP contribution in [-0.4, -0.2) is 18.0 Å². The molecule has 0 aliphatic carbocycles. The molecule has 0 fully saturated rings. The molecule has 2 aromatic carbocycles. The summed E-state index contributed by atoms with van der Waals surface area (Å²) >= 11 is 0. The Morgan fingerprint density at radius 3 is 2.36 bits per heavy atom. The van der Waals surface area contributed by atoms with E-state index in [4.69, 9.17) is 10.5 Å². The third kappa shape index (κ3) is 5.13. The first-order valence-electron chi connectivity index (χ1n) is 9.23. The predicted octanol–water partition coefficient (Wildman–Crippen LogP) is 5.12. The van der Waals surface area contributed by atoms with E-state index in [1.54, 1.807) is 37.5 Å². The van der Waals surface area contributed by atoms with Crippen LogP contribution in [-0.2, 0) is 12.8 Å². The third-order valence-electron chi connectivity index (χ3n) is 4.40.